The van der Waals surface area contributed by atoms with Crippen molar-refractivity contribution in [3.8, 4) is 0 Å². The highest BCUT2D eigenvalue weighted by atomic mass is 16.5. The molecule has 3 aromatic carbocycles. The van der Waals surface area contributed by atoms with E-state index in [1.54, 1.807) is 0 Å². The number of carbonyl (C=O) groups is 2. The van der Waals surface area contributed by atoms with Gasteiger partial charge in [0.25, 0.3) is 5.91 Å². The van der Waals surface area contributed by atoms with Crippen molar-refractivity contribution >= 4 is 17.7 Å². The lowest BCUT2D eigenvalue weighted by Crippen LogP contribution is -2.51. The van der Waals surface area contributed by atoms with Crippen molar-refractivity contribution in [2.45, 2.75) is 31.5 Å². The van der Waals surface area contributed by atoms with Gasteiger partial charge < -0.3 is 4.74 Å². The van der Waals surface area contributed by atoms with E-state index < -0.39 is 11.6 Å². The molecule has 2 aliphatic rings. The summed E-state index contributed by atoms with van der Waals surface area (Å²) in [4.78, 5) is 32.7. The van der Waals surface area contributed by atoms with Crippen LogP contribution in [0.3, 0.4) is 0 Å². The summed E-state index contributed by atoms with van der Waals surface area (Å²) >= 11 is 0. The number of ether oxygens (including phenoxy) is 1. The molecule has 2 aliphatic heterocycles. The maximum Gasteiger partial charge on any atom is 0.262 e. The minimum absolute atomic E-state index is 0.240. The normalized spacial score (nSPS) is 22.5. The smallest absolute Gasteiger partial charge is 0.262 e. The van der Waals surface area contributed by atoms with Crippen LogP contribution in [-0.2, 0) is 27.3 Å². The summed E-state index contributed by atoms with van der Waals surface area (Å²) in [6.07, 6.45) is -0.272. The highest BCUT2D eigenvalue weighted by Gasteiger charge is 2.56. The van der Waals surface area contributed by atoms with Gasteiger partial charge in [-0.3, -0.25) is 14.5 Å². The maximum absolute atomic E-state index is 14.0. The molecule has 3 aromatic rings. The van der Waals surface area contributed by atoms with E-state index >= 15 is 0 Å². The average Bonchev–Trinajstić information content (AvgIpc) is 3.13. The van der Waals surface area contributed by atoms with Crippen molar-refractivity contribution in [2.75, 3.05) is 0 Å². The maximum atomic E-state index is 14.0. The fourth-order valence-electron chi connectivity index (χ4n) is 4.43. The van der Waals surface area contributed by atoms with Crippen molar-refractivity contribution in [3.63, 3.8) is 0 Å². The Morgan fingerprint density at radius 2 is 1.55 bits per heavy atom. The molecule has 0 unspecified atom stereocenters. The molecule has 0 aromatic heterocycles. The monoisotopic (exact) mass is 410 g/mol. The summed E-state index contributed by atoms with van der Waals surface area (Å²) in [5.74, 6) is -0.196. The van der Waals surface area contributed by atoms with Crippen LogP contribution in [0.1, 0.15) is 35.3 Å². The highest BCUT2D eigenvalue weighted by Crippen LogP contribution is 2.45. The lowest BCUT2D eigenvalue weighted by molar-refractivity contribution is -0.149. The number of aliphatic imine (C=N–C) groups is 1. The van der Waals surface area contributed by atoms with Crippen LogP contribution in [0.2, 0.25) is 0 Å². The molecule has 154 valence electrons. The van der Waals surface area contributed by atoms with Gasteiger partial charge in [0.05, 0.1) is 6.54 Å². The molecule has 0 N–H and O–H groups in total. The topological polar surface area (TPSA) is 59.0 Å². The van der Waals surface area contributed by atoms with Crippen LogP contribution in [0.15, 0.2) is 89.9 Å². The Hall–Kier alpha value is -3.73. The number of carbonyl (C=O) groups excluding carboxylic acids is 2. The van der Waals surface area contributed by atoms with Gasteiger partial charge in [0, 0.05) is 18.9 Å². The van der Waals surface area contributed by atoms with Gasteiger partial charge in [-0.1, -0.05) is 72.8 Å². The first-order valence-corrected chi connectivity index (χ1v) is 10.3. The second-order valence-corrected chi connectivity index (χ2v) is 7.97. The third-order valence-corrected chi connectivity index (χ3v) is 5.99. The molecular weight excluding hydrogens is 388 g/mol. The first-order valence-electron chi connectivity index (χ1n) is 10.3. The molecule has 0 aliphatic carbocycles. The number of hydrogen-bond acceptors (Lipinski definition) is 4. The number of fused-ring (bicyclic) bond motifs is 1. The summed E-state index contributed by atoms with van der Waals surface area (Å²) in [6, 6.07) is 27.1. The van der Waals surface area contributed by atoms with Gasteiger partial charge in [-0.2, -0.15) is 0 Å². The van der Waals surface area contributed by atoms with E-state index in [0.717, 1.165) is 22.3 Å². The van der Waals surface area contributed by atoms with Gasteiger partial charge in [0.2, 0.25) is 11.8 Å². The van der Waals surface area contributed by atoms with Crippen LogP contribution in [0, 0.1) is 0 Å². The summed E-state index contributed by atoms with van der Waals surface area (Å²) in [5, 5.41) is 0. The van der Waals surface area contributed by atoms with Crippen LogP contribution in [0.25, 0.3) is 0 Å². The molecule has 5 nitrogen and oxygen atoms in total. The number of amides is 2. The van der Waals surface area contributed by atoms with E-state index in [1.165, 1.54) is 11.8 Å². The third-order valence-electron chi connectivity index (χ3n) is 5.99. The van der Waals surface area contributed by atoms with Gasteiger partial charge in [0.15, 0.2) is 11.6 Å². The molecule has 1 spiro atoms. The Morgan fingerprint density at radius 1 is 0.935 bits per heavy atom. The molecule has 5 heteroatoms. The van der Waals surface area contributed by atoms with Gasteiger partial charge >= 0.3 is 0 Å². The van der Waals surface area contributed by atoms with Crippen LogP contribution in [-0.4, -0.2) is 28.2 Å². The number of hydrogen-bond donors (Lipinski definition) is 0. The summed E-state index contributed by atoms with van der Waals surface area (Å²) in [5.41, 5.74) is 2.36. The number of imide groups is 1. The first-order chi connectivity index (χ1) is 15.1. The van der Waals surface area contributed by atoms with Gasteiger partial charge in [0.1, 0.15) is 0 Å². The first kappa shape index (κ1) is 19.2. The van der Waals surface area contributed by atoms with Crippen molar-refractivity contribution in [1.29, 1.82) is 0 Å². The largest absolute Gasteiger partial charge is 0.466 e. The predicted molar refractivity (Wildman–Crippen MR) is 117 cm³/mol. The SMILES string of the molecule is CC(=O)N1Cc2ccccc2C[C@@]2(N=C(c3ccccc3)O[C@H]2c2ccccc2)C1=O. The van der Waals surface area contributed by atoms with Crippen molar-refractivity contribution in [2.24, 2.45) is 4.99 Å². The van der Waals surface area contributed by atoms with Crippen molar-refractivity contribution in [1.82, 2.24) is 4.90 Å². The van der Waals surface area contributed by atoms with Gasteiger partial charge in [-0.05, 0) is 28.8 Å². The fourth-order valence-corrected chi connectivity index (χ4v) is 4.43. The zero-order chi connectivity index (χ0) is 21.4. The van der Waals surface area contributed by atoms with E-state index in [9.17, 15) is 9.59 Å². The molecule has 0 radical (unpaired) electrons. The molecule has 2 amide bonds. The lowest BCUT2D eigenvalue weighted by Gasteiger charge is -2.32. The van der Waals surface area contributed by atoms with Crippen LogP contribution < -0.4 is 0 Å². The van der Waals surface area contributed by atoms with Crippen LogP contribution in [0.5, 0.6) is 0 Å². The standard InChI is InChI=1S/C26H22N2O3/c1-18(29)28-17-22-15-9-8-14-21(22)16-26(25(28)30)23(19-10-4-2-5-11-19)31-24(27-26)20-12-6-3-7-13-20/h2-15,23H,16-17H2,1H3/t23-,26-/m0/s1. The average molecular weight is 410 g/mol. The van der Waals surface area contributed by atoms with Crippen LogP contribution in [0.4, 0.5) is 0 Å². The van der Waals surface area contributed by atoms with E-state index in [4.69, 9.17) is 9.73 Å². The van der Waals surface area contributed by atoms with Crippen molar-refractivity contribution < 1.29 is 14.3 Å². The minimum atomic E-state index is -1.26. The molecule has 0 saturated carbocycles. The van der Waals surface area contributed by atoms with Crippen LogP contribution >= 0.6 is 0 Å². The van der Waals surface area contributed by atoms with Gasteiger partial charge in [-0.25, -0.2) is 4.99 Å². The number of nitrogens with zero attached hydrogens (tertiary/aromatic N) is 2. The molecule has 0 saturated heterocycles. The lowest BCUT2D eigenvalue weighted by atomic mass is 9.82. The van der Waals surface area contributed by atoms with E-state index in [1.807, 2.05) is 84.9 Å². The van der Waals surface area contributed by atoms with Crippen molar-refractivity contribution in [3.05, 3.63) is 107 Å². The Balaban J connectivity index is 1.73. The molecule has 31 heavy (non-hydrogen) atoms. The Kier molecular flexibility index (Phi) is 4.66. The molecule has 0 bridgehead atoms. The summed E-state index contributed by atoms with van der Waals surface area (Å²) < 4.78 is 6.39. The second-order valence-electron chi connectivity index (χ2n) is 7.97. The molecule has 0 fully saturated rings. The predicted octanol–water partition coefficient (Wildman–Crippen LogP) is 4.07. The van der Waals surface area contributed by atoms with E-state index in [2.05, 4.69) is 0 Å². The number of benzene rings is 3. The molecule has 2 atom stereocenters. The third kappa shape index (κ3) is 3.22. The Morgan fingerprint density at radius 3 is 2.23 bits per heavy atom. The summed E-state index contributed by atoms with van der Waals surface area (Å²) in [6.45, 7) is 1.67. The molecule has 5 rings (SSSR count). The zero-order valence-electron chi connectivity index (χ0n) is 17.2. The Bertz CT molecular complexity index is 1170. The Labute approximate surface area is 181 Å². The zero-order valence-corrected chi connectivity index (χ0v) is 17.2. The highest BCUT2D eigenvalue weighted by molar-refractivity contribution is 6.05. The quantitative estimate of drug-likeness (QED) is 0.640. The molecule has 2 heterocycles. The van der Waals surface area contributed by atoms with E-state index in [-0.39, 0.29) is 18.4 Å². The summed E-state index contributed by atoms with van der Waals surface area (Å²) in [7, 11) is 0. The minimum Gasteiger partial charge on any atom is -0.466 e. The second kappa shape index (κ2) is 7.51. The fraction of sp³-hybridized carbons (Fsp3) is 0.192. The molecular formula is C26H22N2O3. The van der Waals surface area contributed by atoms with E-state index in [0.29, 0.717) is 12.3 Å². The van der Waals surface area contributed by atoms with Gasteiger partial charge in [-0.15, -0.1) is 0 Å². The number of rotatable bonds is 2.